The first-order valence-corrected chi connectivity index (χ1v) is 8.15. The van der Waals surface area contributed by atoms with Gasteiger partial charge in [0, 0.05) is 29.2 Å². The number of halogens is 2. The van der Waals surface area contributed by atoms with Crippen LogP contribution in [0.1, 0.15) is 18.9 Å². The van der Waals surface area contributed by atoms with Crippen LogP contribution in [0.25, 0.3) is 0 Å². The molecular formula is C12H17Cl2NO3S. The van der Waals surface area contributed by atoms with Crippen molar-refractivity contribution in [2.45, 2.75) is 25.2 Å². The Morgan fingerprint density at radius 3 is 2.32 bits per heavy atom. The van der Waals surface area contributed by atoms with Gasteiger partial charge in [-0.05, 0) is 25.5 Å². The molecule has 1 unspecified atom stereocenters. The Bertz CT molecular complexity index is 512. The minimum Gasteiger partial charge on any atom is -0.393 e. The summed E-state index contributed by atoms with van der Waals surface area (Å²) in [4.78, 5) is 0. The predicted molar refractivity (Wildman–Crippen MR) is 78.0 cm³/mol. The van der Waals surface area contributed by atoms with Gasteiger partial charge in [0.2, 0.25) is 10.0 Å². The van der Waals surface area contributed by atoms with Crippen molar-refractivity contribution in [1.82, 2.24) is 4.31 Å². The van der Waals surface area contributed by atoms with Crippen molar-refractivity contribution < 1.29 is 13.5 Å². The van der Waals surface area contributed by atoms with Crippen molar-refractivity contribution in [3.05, 3.63) is 33.8 Å². The molecule has 0 saturated carbocycles. The minimum absolute atomic E-state index is 0.248. The lowest BCUT2D eigenvalue weighted by atomic mass is 10.2. The third kappa shape index (κ3) is 4.93. The van der Waals surface area contributed by atoms with E-state index in [-0.39, 0.29) is 12.3 Å². The predicted octanol–water partition coefficient (Wildman–Crippen LogP) is 2.53. The number of aliphatic hydroxyl groups is 1. The third-order valence-electron chi connectivity index (χ3n) is 2.73. The standard InChI is InChI=1S/C12H17Cl2NO3S/c1-9(16)6-7-15(2)19(17,18)8-10-11(13)4-3-5-12(10)14/h3-5,9,16H,6-8H2,1-2H3. The minimum atomic E-state index is -3.50. The van der Waals surface area contributed by atoms with Gasteiger partial charge < -0.3 is 5.11 Å². The van der Waals surface area contributed by atoms with Gasteiger partial charge in [-0.25, -0.2) is 12.7 Å². The molecule has 1 aromatic carbocycles. The zero-order valence-electron chi connectivity index (χ0n) is 10.8. The van der Waals surface area contributed by atoms with Crippen LogP contribution in [0.5, 0.6) is 0 Å². The highest BCUT2D eigenvalue weighted by Gasteiger charge is 2.21. The monoisotopic (exact) mass is 325 g/mol. The van der Waals surface area contributed by atoms with E-state index < -0.39 is 16.1 Å². The van der Waals surface area contributed by atoms with E-state index in [1.165, 1.54) is 11.4 Å². The lowest BCUT2D eigenvalue weighted by Crippen LogP contribution is -2.30. The Morgan fingerprint density at radius 2 is 1.84 bits per heavy atom. The van der Waals surface area contributed by atoms with Gasteiger partial charge in [0.25, 0.3) is 0 Å². The average molecular weight is 326 g/mol. The van der Waals surface area contributed by atoms with Crippen molar-refractivity contribution >= 4 is 33.2 Å². The van der Waals surface area contributed by atoms with Crippen molar-refractivity contribution in [2.24, 2.45) is 0 Å². The summed E-state index contributed by atoms with van der Waals surface area (Å²) in [5.74, 6) is -0.248. The summed E-state index contributed by atoms with van der Waals surface area (Å²) >= 11 is 11.9. The van der Waals surface area contributed by atoms with Crippen LogP contribution in [0.15, 0.2) is 18.2 Å². The number of hydrogen-bond donors (Lipinski definition) is 1. The SMILES string of the molecule is CC(O)CCN(C)S(=O)(=O)Cc1c(Cl)cccc1Cl. The summed E-state index contributed by atoms with van der Waals surface area (Å²) in [5.41, 5.74) is 0.398. The van der Waals surface area contributed by atoms with Gasteiger partial charge in [0.1, 0.15) is 0 Å². The molecule has 1 aromatic rings. The Labute approximate surface area is 124 Å². The van der Waals surface area contributed by atoms with Gasteiger partial charge in [0.05, 0.1) is 11.9 Å². The van der Waals surface area contributed by atoms with Crippen LogP contribution in [-0.4, -0.2) is 37.5 Å². The summed E-state index contributed by atoms with van der Waals surface area (Å²) in [6.45, 7) is 1.87. The molecular weight excluding hydrogens is 309 g/mol. The summed E-state index contributed by atoms with van der Waals surface area (Å²) in [6.07, 6.45) is -0.159. The van der Waals surface area contributed by atoms with E-state index in [2.05, 4.69) is 0 Å². The van der Waals surface area contributed by atoms with Crippen molar-refractivity contribution in [1.29, 1.82) is 0 Å². The maximum Gasteiger partial charge on any atom is 0.218 e. The Morgan fingerprint density at radius 1 is 1.32 bits per heavy atom. The Hall–Kier alpha value is -0.330. The number of nitrogens with zero attached hydrogens (tertiary/aromatic N) is 1. The fraction of sp³-hybridized carbons (Fsp3) is 0.500. The molecule has 1 rings (SSSR count). The molecule has 0 spiro atoms. The zero-order valence-corrected chi connectivity index (χ0v) is 13.1. The topological polar surface area (TPSA) is 57.6 Å². The van der Waals surface area contributed by atoms with E-state index in [9.17, 15) is 13.5 Å². The second kappa shape index (κ2) is 6.90. The highest BCUT2D eigenvalue weighted by molar-refractivity contribution is 7.88. The van der Waals surface area contributed by atoms with E-state index in [1.54, 1.807) is 25.1 Å². The highest BCUT2D eigenvalue weighted by atomic mass is 35.5. The van der Waals surface area contributed by atoms with E-state index in [4.69, 9.17) is 23.2 Å². The van der Waals surface area contributed by atoms with E-state index in [0.29, 0.717) is 22.0 Å². The van der Waals surface area contributed by atoms with Crippen LogP contribution in [0.2, 0.25) is 10.0 Å². The second-order valence-corrected chi connectivity index (χ2v) is 7.31. The molecule has 0 aromatic heterocycles. The highest BCUT2D eigenvalue weighted by Crippen LogP contribution is 2.26. The largest absolute Gasteiger partial charge is 0.393 e. The molecule has 0 bridgehead atoms. The molecule has 0 heterocycles. The summed E-state index contributed by atoms with van der Waals surface area (Å²) < 4.78 is 25.5. The maximum atomic E-state index is 12.1. The smallest absolute Gasteiger partial charge is 0.218 e. The number of hydrogen-bond acceptors (Lipinski definition) is 3. The van der Waals surface area contributed by atoms with Gasteiger partial charge >= 0.3 is 0 Å². The molecule has 0 aliphatic heterocycles. The van der Waals surface area contributed by atoms with Crippen molar-refractivity contribution in [3.8, 4) is 0 Å². The van der Waals surface area contributed by atoms with E-state index in [1.807, 2.05) is 0 Å². The summed E-state index contributed by atoms with van der Waals surface area (Å²) in [6, 6.07) is 4.88. The molecule has 19 heavy (non-hydrogen) atoms. The quantitative estimate of drug-likeness (QED) is 0.874. The molecule has 0 saturated heterocycles. The van der Waals surface area contributed by atoms with Gasteiger partial charge in [-0.2, -0.15) is 0 Å². The molecule has 0 fully saturated rings. The van der Waals surface area contributed by atoms with Crippen LogP contribution in [0, 0.1) is 0 Å². The fourth-order valence-electron chi connectivity index (χ4n) is 1.47. The molecule has 7 heteroatoms. The fourth-order valence-corrected chi connectivity index (χ4v) is 3.44. The van der Waals surface area contributed by atoms with Gasteiger partial charge in [-0.3, -0.25) is 0 Å². The van der Waals surface area contributed by atoms with Crippen LogP contribution in [0.4, 0.5) is 0 Å². The lowest BCUT2D eigenvalue weighted by molar-refractivity contribution is 0.177. The first kappa shape index (κ1) is 16.7. The number of aliphatic hydroxyl groups excluding tert-OH is 1. The maximum absolute atomic E-state index is 12.1. The second-order valence-electron chi connectivity index (χ2n) is 4.42. The third-order valence-corrected chi connectivity index (χ3v) is 5.22. The van der Waals surface area contributed by atoms with Gasteiger partial charge in [0.15, 0.2) is 0 Å². The number of rotatable bonds is 6. The molecule has 1 atom stereocenters. The van der Waals surface area contributed by atoms with E-state index >= 15 is 0 Å². The van der Waals surface area contributed by atoms with Gasteiger partial charge in [-0.1, -0.05) is 29.3 Å². The molecule has 0 amide bonds. The molecule has 0 radical (unpaired) electrons. The average Bonchev–Trinajstić information content (AvgIpc) is 2.31. The van der Waals surface area contributed by atoms with Gasteiger partial charge in [-0.15, -0.1) is 0 Å². The lowest BCUT2D eigenvalue weighted by Gasteiger charge is -2.18. The van der Waals surface area contributed by atoms with Crippen LogP contribution < -0.4 is 0 Å². The van der Waals surface area contributed by atoms with Crippen molar-refractivity contribution in [2.75, 3.05) is 13.6 Å². The Kier molecular flexibility index (Phi) is 6.08. The van der Waals surface area contributed by atoms with Crippen LogP contribution in [-0.2, 0) is 15.8 Å². The van der Waals surface area contributed by atoms with Crippen LogP contribution >= 0.6 is 23.2 Å². The normalized spacial score (nSPS) is 13.8. The van der Waals surface area contributed by atoms with Crippen LogP contribution in [0.3, 0.4) is 0 Å². The first-order valence-electron chi connectivity index (χ1n) is 5.79. The first-order chi connectivity index (χ1) is 8.74. The number of sulfonamides is 1. The zero-order chi connectivity index (χ0) is 14.6. The molecule has 0 aliphatic rings. The summed E-state index contributed by atoms with van der Waals surface area (Å²) in [7, 11) is -2.03. The Balaban J connectivity index is 2.85. The van der Waals surface area contributed by atoms with E-state index in [0.717, 1.165) is 0 Å². The molecule has 1 N–H and O–H groups in total. The summed E-state index contributed by atoms with van der Waals surface area (Å²) in [5, 5.41) is 9.85. The molecule has 108 valence electrons. The molecule has 0 aliphatic carbocycles. The molecule has 4 nitrogen and oxygen atoms in total. The number of benzene rings is 1. The van der Waals surface area contributed by atoms with Crippen molar-refractivity contribution in [3.63, 3.8) is 0 Å².